The van der Waals surface area contributed by atoms with E-state index in [2.05, 4.69) is 26.8 Å². The molecule has 0 aromatic rings. The summed E-state index contributed by atoms with van der Waals surface area (Å²) >= 11 is 0. The van der Waals surface area contributed by atoms with Crippen LogP contribution in [0.1, 0.15) is 120 Å². The van der Waals surface area contributed by atoms with Gasteiger partial charge in [0.1, 0.15) is 103 Å². The molecule has 13 N–H and O–H groups in total. The smallest absolute Gasteiger partial charge is 0.394 e. The molecule has 0 spiro atoms. The van der Waals surface area contributed by atoms with E-state index in [1.165, 1.54) is 33.3 Å². The number of ketones is 1. The van der Waals surface area contributed by atoms with Crippen LogP contribution >= 0.6 is 0 Å². The number of aliphatic hydroxyl groups is 12. The molecular formula is C57H94O27S. The lowest BCUT2D eigenvalue weighted by Crippen LogP contribution is -2.68. The van der Waals surface area contributed by atoms with Gasteiger partial charge in [-0.2, -0.15) is 8.42 Å². The summed E-state index contributed by atoms with van der Waals surface area (Å²) < 4.78 is 101. The Balaban J connectivity index is 0.997. The monoisotopic (exact) mass is 1240 g/mol. The third-order valence-electron chi connectivity index (χ3n) is 20.6. The number of carbonyl (C=O) groups excluding carboxylic acids is 1. The molecule has 0 unspecified atom stereocenters. The summed E-state index contributed by atoms with van der Waals surface area (Å²) in [6.07, 6.45) is -36.7. The first kappa shape index (κ1) is 67.8. The molecule has 3 saturated carbocycles. The topological polar surface area (TPSA) is 416 Å². The number of carbonyl (C=O) groups is 1. The molecule has 28 heteroatoms. The van der Waals surface area contributed by atoms with Crippen molar-refractivity contribution in [3.8, 4) is 0 Å². The first-order valence-electron chi connectivity index (χ1n) is 30.3. The van der Waals surface area contributed by atoms with Gasteiger partial charge in [-0.25, -0.2) is 4.18 Å². The molecule has 85 heavy (non-hydrogen) atoms. The summed E-state index contributed by atoms with van der Waals surface area (Å²) in [5, 5.41) is 134. The van der Waals surface area contributed by atoms with Crippen LogP contribution in [0, 0.1) is 46.3 Å². The summed E-state index contributed by atoms with van der Waals surface area (Å²) in [6, 6.07) is 0. The summed E-state index contributed by atoms with van der Waals surface area (Å²) in [5.74, 6) is 0.408. The Morgan fingerprint density at radius 1 is 0.576 bits per heavy atom. The van der Waals surface area contributed by atoms with Gasteiger partial charge in [-0.15, -0.1) is 0 Å². The van der Waals surface area contributed by atoms with Crippen LogP contribution in [-0.4, -0.2) is 252 Å². The number of ether oxygens (including phenoxy) is 10. The number of Topliss-reactive ketones (excluding diaryl/α,β-unsaturated/α-hetero) is 1. The highest BCUT2D eigenvalue weighted by Crippen LogP contribution is 2.67. The van der Waals surface area contributed by atoms with Gasteiger partial charge in [0.25, 0.3) is 0 Å². The van der Waals surface area contributed by atoms with Gasteiger partial charge in [0, 0.05) is 12.8 Å². The molecule has 0 amide bonds. The van der Waals surface area contributed by atoms with Gasteiger partial charge in [-0.05, 0) is 119 Å². The third kappa shape index (κ3) is 13.5. The maximum atomic E-state index is 13.2. The highest BCUT2D eigenvalue weighted by Gasteiger charge is 2.63. The van der Waals surface area contributed by atoms with Gasteiger partial charge in [0.2, 0.25) is 0 Å². The number of hydrogen-bond acceptors (Lipinski definition) is 26. The van der Waals surface area contributed by atoms with Crippen molar-refractivity contribution in [2.24, 2.45) is 46.3 Å². The van der Waals surface area contributed by atoms with Crippen molar-refractivity contribution in [2.45, 2.75) is 286 Å². The van der Waals surface area contributed by atoms with Gasteiger partial charge < -0.3 is 109 Å². The molecule has 0 aromatic heterocycles. The predicted octanol–water partition coefficient (Wildman–Crippen LogP) is -1.40. The SMILES string of the molecule is CC(C)CC(=O)C[C@@H](C)[C@H]1CC[C@H]2[C@@H]3C[C@H](O[C@@H]4O[C@H](CO)[C@@H](O)[C@H](O[C@@H]5O[C@H](C)[C@@H](O[C@@H]6O[C@H](C)[C@@H](O)[C@H](O)[C@H]6O[C@@H]6O[C@H](C)[C@H](O)[C@H](O)[C@H]6O)[C@H](O)[C@H]5O[C@@H]5O[C@H](C)[C@@H](O)[C@H](O)[C@H]5O)[C@H]4O)[C@H]4C[C@@H](OS(=O)(=O)O)CC[C@]4(C)C3=CC[C@]12C. The molecule has 5 aliphatic heterocycles. The maximum Gasteiger partial charge on any atom is 0.397 e. The van der Waals surface area contributed by atoms with Crippen molar-refractivity contribution < 1.29 is 131 Å². The molecular weight excluding hydrogens is 1150 g/mol. The quantitative estimate of drug-likeness (QED) is 0.0554. The molecule has 5 heterocycles. The van der Waals surface area contributed by atoms with Crippen LogP contribution in [0.15, 0.2) is 11.6 Å². The van der Waals surface area contributed by atoms with Crippen molar-refractivity contribution in [3.05, 3.63) is 11.6 Å². The Labute approximate surface area is 495 Å². The van der Waals surface area contributed by atoms with Crippen LogP contribution in [0.25, 0.3) is 0 Å². The molecule has 4 aliphatic carbocycles. The van der Waals surface area contributed by atoms with Crippen LogP contribution in [-0.2, 0) is 66.7 Å². The van der Waals surface area contributed by atoms with E-state index >= 15 is 0 Å². The van der Waals surface area contributed by atoms with Crippen molar-refractivity contribution >= 4 is 16.2 Å². The molecule has 490 valence electrons. The molecule has 0 radical (unpaired) electrons. The molecule has 34 atom stereocenters. The first-order valence-corrected chi connectivity index (χ1v) is 31.7. The number of allylic oxidation sites excluding steroid dienone is 2. The Kier molecular flexibility index (Phi) is 21.2. The van der Waals surface area contributed by atoms with Crippen molar-refractivity contribution in [2.75, 3.05) is 6.61 Å². The summed E-state index contributed by atoms with van der Waals surface area (Å²) in [6.45, 7) is 15.4. The fourth-order valence-electron chi connectivity index (χ4n) is 16.0. The van der Waals surface area contributed by atoms with E-state index in [0.29, 0.717) is 25.7 Å². The lowest BCUT2D eigenvalue weighted by atomic mass is 9.47. The second-order valence-electron chi connectivity index (χ2n) is 26.8. The molecule has 9 aliphatic rings. The second-order valence-corrected chi connectivity index (χ2v) is 27.8. The molecule has 8 fully saturated rings. The van der Waals surface area contributed by atoms with Crippen molar-refractivity contribution in [1.29, 1.82) is 0 Å². The Bertz CT molecular complexity index is 2410. The minimum Gasteiger partial charge on any atom is -0.394 e. The standard InChI is InChI=1S/C57H94O27S/c1-21(2)16-27(59)17-22(3)30-10-11-31-29-19-34(33-18-28(84-85(71,72)73)12-14-57(33,9)32(29)13-15-56(30,31)8)78-53-46(70)48(39(63)35(20-58)79-53)81-55-50(83-52-44(68)41(65)37(61)24(5)75-52)45(69)47(26(7)77-55)80-54-49(42(66)38(62)25(6)76-54)82-51-43(67)40(64)36(60)23(4)74-51/h13,21-26,28-31,33-55,58,60-70H,10-12,14-20H2,1-9H3,(H,71,72,73)/t22-,23-,24-,25-,26-,28+,29+,30-,31+,33-,34+,35-,36+,37-,38-,39-,40+,41+,42+,43-,44-,45+,46-,47-,48+,49-,50-,51+,52+,53-,54+,55+,56-,57-/m1/s1. The highest BCUT2D eigenvalue weighted by molar-refractivity contribution is 7.80. The van der Waals surface area contributed by atoms with E-state index in [1.807, 2.05) is 13.8 Å². The molecule has 27 nitrogen and oxygen atoms in total. The average Bonchev–Trinajstić information content (AvgIpc) is 1.75. The van der Waals surface area contributed by atoms with E-state index < -0.39 is 194 Å². The Morgan fingerprint density at radius 2 is 1.09 bits per heavy atom. The van der Waals surface area contributed by atoms with Crippen LogP contribution in [0.3, 0.4) is 0 Å². The Hall–Kier alpha value is -1.60. The number of fused-ring (bicyclic) bond motifs is 5. The van der Waals surface area contributed by atoms with E-state index in [9.17, 15) is 79.0 Å². The van der Waals surface area contributed by atoms with Crippen LogP contribution in [0.4, 0.5) is 0 Å². The zero-order valence-electron chi connectivity index (χ0n) is 49.6. The number of rotatable bonds is 18. The van der Waals surface area contributed by atoms with E-state index in [0.717, 1.165) is 19.3 Å². The summed E-state index contributed by atoms with van der Waals surface area (Å²) in [7, 11) is -4.88. The number of hydrogen-bond donors (Lipinski definition) is 13. The zero-order chi connectivity index (χ0) is 62.3. The molecule has 0 aromatic carbocycles. The second kappa shape index (κ2) is 26.6. The van der Waals surface area contributed by atoms with Gasteiger partial charge >= 0.3 is 10.4 Å². The minimum atomic E-state index is -4.88. The van der Waals surface area contributed by atoms with Crippen LogP contribution in [0.2, 0.25) is 0 Å². The van der Waals surface area contributed by atoms with E-state index in [4.69, 9.17) is 51.6 Å². The summed E-state index contributed by atoms with van der Waals surface area (Å²) in [4.78, 5) is 13.2. The van der Waals surface area contributed by atoms with E-state index in [-0.39, 0.29) is 53.6 Å². The number of aliphatic hydroxyl groups excluding tert-OH is 12. The summed E-state index contributed by atoms with van der Waals surface area (Å²) in [5.41, 5.74) is 0.394. The van der Waals surface area contributed by atoms with E-state index in [1.54, 1.807) is 0 Å². The maximum absolute atomic E-state index is 13.2. The van der Waals surface area contributed by atoms with Crippen molar-refractivity contribution in [1.82, 2.24) is 0 Å². The average molecular weight is 1240 g/mol. The van der Waals surface area contributed by atoms with Gasteiger partial charge in [-0.3, -0.25) is 9.35 Å². The van der Waals surface area contributed by atoms with Gasteiger partial charge in [-0.1, -0.05) is 46.3 Å². The first-order chi connectivity index (χ1) is 39.8. The molecule has 9 rings (SSSR count). The normalized spacial score (nSPS) is 51.8. The van der Waals surface area contributed by atoms with Gasteiger partial charge in [0.05, 0.1) is 43.2 Å². The minimum absolute atomic E-state index is 0.0683. The lowest BCUT2D eigenvalue weighted by molar-refractivity contribution is -0.406. The fraction of sp³-hybridized carbons (Fsp3) is 0.947. The largest absolute Gasteiger partial charge is 0.397 e. The highest BCUT2D eigenvalue weighted by atomic mass is 32.3. The zero-order valence-corrected chi connectivity index (χ0v) is 50.5. The predicted molar refractivity (Wildman–Crippen MR) is 289 cm³/mol. The van der Waals surface area contributed by atoms with Crippen LogP contribution < -0.4 is 0 Å². The lowest BCUT2D eigenvalue weighted by Gasteiger charge is -2.59. The van der Waals surface area contributed by atoms with Crippen LogP contribution in [0.5, 0.6) is 0 Å². The molecule has 0 bridgehead atoms. The van der Waals surface area contributed by atoms with Gasteiger partial charge in [0.15, 0.2) is 31.5 Å². The Morgan fingerprint density at radius 3 is 1.66 bits per heavy atom. The molecule has 5 saturated heterocycles. The third-order valence-corrected chi connectivity index (χ3v) is 21.1. The van der Waals surface area contributed by atoms with Crippen molar-refractivity contribution in [3.63, 3.8) is 0 Å². The fourth-order valence-corrected chi connectivity index (χ4v) is 16.5.